The van der Waals surface area contributed by atoms with Crippen LogP contribution in [0, 0.1) is 0 Å². The lowest BCUT2D eigenvalue weighted by atomic mass is 9.99. The highest BCUT2D eigenvalue weighted by Crippen LogP contribution is 2.50. The molecule has 3 aliphatic heterocycles. The van der Waals surface area contributed by atoms with Crippen molar-refractivity contribution in [3.63, 3.8) is 0 Å². The van der Waals surface area contributed by atoms with Gasteiger partial charge in [0.25, 0.3) is 0 Å². The topological polar surface area (TPSA) is 113 Å². The highest BCUT2D eigenvalue weighted by Gasteiger charge is 2.47. The van der Waals surface area contributed by atoms with Crippen molar-refractivity contribution in [2.45, 2.75) is 28.8 Å². The van der Waals surface area contributed by atoms with Gasteiger partial charge in [-0.25, -0.2) is 9.78 Å². The molecule has 35 heavy (non-hydrogen) atoms. The Kier molecular flexibility index (Phi) is 5.29. The molecule has 0 aliphatic carbocycles. The lowest BCUT2D eigenvalue weighted by Crippen LogP contribution is -2.51. The van der Waals surface area contributed by atoms with Crippen LogP contribution in [0.5, 0.6) is 11.5 Å². The number of para-hydroxylation sites is 1. The summed E-state index contributed by atoms with van der Waals surface area (Å²) in [6.07, 6.45) is 2.19. The SMILES string of the molecule is O=C1NCCC1NC(=O)C1Sc2nccc3c2C1NC(=O)N3c1ccc(Oc2ccccc2)cc1. The van der Waals surface area contributed by atoms with E-state index < -0.39 is 17.3 Å². The Morgan fingerprint density at radius 1 is 1.06 bits per heavy atom. The van der Waals surface area contributed by atoms with Gasteiger partial charge in [0.05, 0.1) is 17.4 Å². The fourth-order valence-corrected chi connectivity index (χ4v) is 5.79. The summed E-state index contributed by atoms with van der Waals surface area (Å²) >= 11 is 1.30. The zero-order valence-corrected chi connectivity index (χ0v) is 19.2. The summed E-state index contributed by atoms with van der Waals surface area (Å²) in [5.41, 5.74) is 2.15. The summed E-state index contributed by atoms with van der Waals surface area (Å²) in [4.78, 5) is 44.2. The standard InChI is InChI=1S/C25H21N5O4S/c31-22-17(10-12-26-22)28-23(32)21-20-19-18(11-13-27-24(19)35-21)30(25(33)29-20)14-6-8-16(9-7-14)34-15-4-2-1-3-5-15/h1-9,11,13,17,20-21H,10,12H2,(H,26,31)(H,28,32)(H,29,33). The smallest absolute Gasteiger partial charge is 0.327 e. The van der Waals surface area contributed by atoms with E-state index in [-0.39, 0.29) is 17.8 Å². The maximum absolute atomic E-state index is 13.2. The summed E-state index contributed by atoms with van der Waals surface area (Å²) in [7, 11) is 0. The molecule has 10 heteroatoms. The molecular formula is C25H21N5O4S. The lowest BCUT2D eigenvalue weighted by molar-refractivity contribution is -0.127. The number of aromatic nitrogens is 1. The number of ether oxygens (including phenoxy) is 1. The van der Waals surface area contributed by atoms with E-state index in [1.54, 1.807) is 29.3 Å². The van der Waals surface area contributed by atoms with E-state index in [2.05, 4.69) is 20.9 Å². The van der Waals surface area contributed by atoms with Crippen molar-refractivity contribution in [2.24, 2.45) is 0 Å². The first-order valence-corrected chi connectivity index (χ1v) is 12.1. The normalized spacial score (nSPS) is 22.3. The minimum atomic E-state index is -0.611. The number of hydrogen-bond donors (Lipinski definition) is 3. The average molecular weight is 488 g/mol. The van der Waals surface area contributed by atoms with Gasteiger partial charge >= 0.3 is 6.03 Å². The maximum Gasteiger partial charge on any atom is 0.327 e. The number of benzene rings is 2. The van der Waals surface area contributed by atoms with E-state index in [0.717, 1.165) is 11.3 Å². The Bertz CT molecular complexity index is 1320. The van der Waals surface area contributed by atoms with E-state index in [1.807, 2.05) is 42.5 Å². The Hall–Kier alpha value is -4.05. The van der Waals surface area contributed by atoms with Crippen LogP contribution in [-0.4, -0.2) is 40.7 Å². The Morgan fingerprint density at radius 2 is 1.83 bits per heavy atom. The number of rotatable bonds is 5. The predicted molar refractivity (Wildman–Crippen MR) is 130 cm³/mol. The number of hydrogen-bond acceptors (Lipinski definition) is 6. The van der Waals surface area contributed by atoms with Gasteiger partial charge in [0, 0.05) is 18.3 Å². The van der Waals surface area contributed by atoms with Crippen LogP contribution in [0.3, 0.4) is 0 Å². The number of amides is 4. The summed E-state index contributed by atoms with van der Waals surface area (Å²) in [5.74, 6) is 0.902. The largest absolute Gasteiger partial charge is 0.457 e. The van der Waals surface area contributed by atoms with Crippen LogP contribution >= 0.6 is 11.8 Å². The first-order valence-electron chi connectivity index (χ1n) is 11.3. The molecule has 1 fully saturated rings. The van der Waals surface area contributed by atoms with Crippen LogP contribution in [-0.2, 0) is 9.59 Å². The Morgan fingerprint density at radius 3 is 2.57 bits per heavy atom. The van der Waals surface area contributed by atoms with Gasteiger partial charge < -0.3 is 20.7 Å². The monoisotopic (exact) mass is 487 g/mol. The number of anilines is 2. The molecule has 3 unspecified atom stereocenters. The fraction of sp³-hybridized carbons (Fsp3) is 0.200. The van der Waals surface area contributed by atoms with Crippen molar-refractivity contribution in [1.82, 2.24) is 20.9 Å². The van der Waals surface area contributed by atoms with E-state index in [9.17, 15) is 14.4 Å². The summed E-state index contributed by atoms with van der Waals surface area (Å²) < 4.78 is 5.86. The van der Waals surface area contributed by atoms with Crippen molar-refractivity contribution in [3.05, 3.63) is 72.4 Å². The number of urea groups is 1. The summed E-state index contributed by atoms with van der Waals surface area (Å²) in [6.45, 7) is 0.540. The number of pyridine rings is 1. The van der Waals surface area contributed by atoms with E-state index in [0.29, 0.717) is 35.1 Å². The zero-order chi connectivity index (χ0) is 23.9. The molecule has 9 nitrogen and oxygen atoms in total. The van der Waals surface area contributed by atoms with Crippen molar-refractivity contribution in [3.8, 4) is 11.5 Å². The highest BCUT2D eigenvalue weighted by atomic mass is 32.2. The molecule has 0 saturated carbocycles. The maximum atomic E-state index is 13.2. The molecule has 1 aromatic heterocycles. The van der Waals surface area contributed by atoms with Gasteiger partial charge in [-0.05, 0) is 48.9 Å². The minimum absolute atomic E-state index is 0.184. The molecule has 3 aromatic rings. The van der Waals surface area contributed by atoms with Crippen molar-refractivity contribution in [2.75, 3.05) is 11.4 Å². The van der Waals surface area contributed by atoms with Crippen LogP contribution < -0.4 is 25.6 Å². The van der Waals surface area contributed by atoms with Crippen LogP contribution in [0.4, 0.5) is 16.2 Å². The number of nitrogens with one attached hydrogen (secondary N) is 3. The number of carbonyl (C=O) groups excluding carboxylic acids is 3. The molecule has 0 spiro atoms. The number of nitrogens with zero attached hydrogens (tertiary/aromatic N) is 2. The van der Waals surface area contributed by atoms with Gasteiger partial charge in [0.1, 0.15) is 27.8 Å². The predicted octanol–water partition coefficient (Wildman–Crippen LogP) is 3.26. The summed E-state index contributed by atoms with van der Waals surface area (Å²) in [5, 5.41) is 8.60. The molecule has 4 heterocycles. The van der Waals surface area contributed by atoms with Gasteiger partial charge in [-0.1, -0.05) is 30.0 Å². The average Bonchev–Trinajstić information content (AvgIpc) is 3.44. The van der Waals surface area contributed by atoms with Crippen LogP contribution in [0.2, 0.25) is 0 Å². The zero-order valence-electron chi connectivity index (χ0n) is 18.4. The molecule has 3 N–H and O–H groups in total. The van der Waals surface area contributed by atoms with Crippen molar-refractivity contribution >= 4 is 41.0 Å². The quantitative estimate of drug-likeness (QED) is 0.509. The second kappa shape index (κ2) is 8.62. The fourth-order valence-electron chi connectivity index (χ4n) is 4.55. The molecule has 3 atom stereocenters. The van der Waals surface area contributed by atoms with E-state index >= 15 is 0 Å². The molecule has 2 aromatic carbocycles. The van der Waals surface area contributed by atoms with Gasteiger partial charge in [-0.15, -0.1) is 0 Å². The van der Waals surface area contributed by atoms with Crippen LogP contribution in [0.25, 0.3) is 0 Å². The first kappa shape index (κ1) is 21.5. The van der Waals surface area contributed by atoms with Crippen LogP contribution in [0.15, 0.2) is 71.9 Å². The molecule has 0 radical (unpaired) electrons. The second-order valence-electron chi connectivity index (χ2n) is 8.40. The molecule has 3 aliphatic rings. The lowest BCUT2D eigenvalue weighted by Gasteiger charge is -2.34. The molecule has 4 amide bonds. The first-order chi connectivity index (χ1) is 17.1. The van der Waals surface area contributed by atoms with Crippen LogP contribution in [0.1, 0.15) is 18.0 Å². The summed E-state index contributed by atoms with van der Waals surface area (Å²) in [6, 6.07) is 17.1. The molecule has 0 bridgehead atoms. The second-order valence-corrected chi connectivity index (χ2v) is 9.53. The number of carbonyl (C=O) groups is 3. The van der Waals surface area contributed by atoms with Gasteiger partial charge in [-0.2, -0.15) is 0 Å². The number of thioether (sulfide) groups is 1. The molecule has 6 rings (SSSR count). The molecule has 1 saturated heterocycles. The highest BCUT2D eigenvalue weighted by molar-refractivity contribution is 8.01. The third-order valence-corrected chi connectivity index (χ3v) is 7.49. The van der Waals surface area contributed by atoms with Crippen molar-refractivity contribution in [1.29, 1.82) is 0 Å². The van der Waals surface area contributed by atoms with E-state index in [1.165, 1.54) is 11.8 Å². The third-order valence-electron chi connectivity index (χ3n) is 6.20. The van der Waals surface area contributed by atoms with Crippen molar-refractivity contribution < 1.29 is 19.1 Å². The Labute approximate surface area is 205 Å². The van der Waals surface area contributed by atoms with Gasteiger partial charge in [-0.3, -0.25) is 14.5 Å². The van der Waals surface area contributed by atoms with Gasteiger partial charge in [0.15, 0.2) is 0 Å². The van der Waals surface area contributed by atoms with E-state index in [4.69, 9.17) is 4.74 Å². The molecular weight excluding hydrogens is 466 g/mol. The molecule has 176 valence electrons. The van der Waals surface area contributed by atoms with Gasteiger partial charge in [0.2, 0.25) is 11.8 Å². The third kappa shape index (κ3) is 3.85. The Balaban J connectivity index is 1.26. The minimum Gasteiger partial charge on any atom is -0.457 e.